The lowest BCUT2D eigenvalue weighted by Gasteiger charge is -2.15. The van der Waals surface area contributed by atoms with Gasteiger partial charge in [-0.2, -0.15) is 0 Å². The van der Waals surface area contributed by atoms with Crippen molar-refractivity contribution < 1.29 is 14.2 Å². The second-order valence-electron chi connectivity index (χ2n) is 5.05. The predicted molar refractivity (Wildman–Crippen MR) is 77.3 cm³/mol. The van der Waals surface area contributed by atoms with Gasteiger partial charge in [-0.1, -0.05) is 30.3 Å². The Hall–Kier alpha value is -1.87. The molecular formula is C17H19FO2. The summed E-state index contributed by atoms with van der Waals surface area (Å²) in [7, 11) is 0. The highest BCUT2D eigenvalue weighted by molar-refractivity contribution is 5.31. The van der Waals surface area contributed by atoms with E-state index in [-0.39, 0.29) is 18.3 Å². The van der Waals surface area contributed by atoms with Crippen LogP contribution in [0.15, 0.2) is 48.5 Å². The lowest BCUT2D eigenvalue weighted by atomic mass is 10.0. The number of aliphatic hydroxyl groups is 1. The molecule has 20 heavy (non-hydrogen) atoms. The van der Waals surface area contributed by atoms with Crippen molar-refractivity contribution in [2.24, 2.45) is 0 Å². The number of benzene rings is 2. The smallest absolute Gasteiger partial charge is 0.126 e. The maximum Gasteiger partial charge on any atom is 0.126 e. The Labute approximate surface area is 118 Å². The van der Waals surface area contributed by atoms with E-state index < -0.39 is 6.10 Å². The SMILES string of the molecule is CC(C)Oc1cccc(C(O)Cc2ccccc2F)c1. The molecule has 1 N–H and O–H groups in total. The van der Waals surface area contributed by atoms with Crippen LogP contribution in [0, 0.1) is 5.82 Å². The highest BCUT2D eigenvalue weighted by atomic mass is 19.1. The van der Waals surface area contributed by atoms with Gasteiger partial charge in [-0.3, -0.25) is 0 Å². The zero-order valence-corrected chi connectivity index (χ0v) is 11.7. The van der Waals surface area contributed by atoms with Crippen LogP contribution in [0.1, 0.15) is 31.1 Å². The van der Waals surface area contributed by atoms with Gasteiger partial charge in [0.25, 0.3) is 0 Å². The summed E-state index contributed by atoms with van der Waals surface area (Å²) in [5.74, 6) is 0.422. The summed E-state index contributed by atoms with van der Waals surface area (Å²) < 4.78 is 19.2. The molecule has 1 unspecified atom stereocenters. The van der Waals surface area contributed by atoms with E-state index in [9.17, 15) is 9.50 Å². The summed E-state index contributed by atoms with van der Waals surface area (Å²) in [6, 6.07) is 13.8. The van der Waals surface area contributed by atoms with Gasteiger partial charge >= 0.3 is 0 Å². The van der Waals surface area contributed by atoms with Crippen LogP contribution in [-0.4, -0.2) is 11.2 Å². The fourth-order valence-corrected chi connectivity index (χ4v) is 2.06. The summed E-state index contributed by atoms with van der Waals surface area (Å²) in [5.41, 5.74) is 1.24. The van der Waals surface area contributed by atoms with Crippen molar-refractivity contribution in [3.05, 3.63) is 65.5 Å². The van der Waals surface area contributed by atoms with Crippen LogP contribution in [0.25, 0.3) is 0 Å². The molecule has 0 heterocycles. The van der Waals surface area contributed by atoms with Gasteiger partial charge in [-0.05, 0) is 43.2 Å². The molecule has 0 spiro atoms. The van der Waals surface area contributed by atoms with E-state index in [1.165, 1.54) is 6.07 Å². The van der Waals surface area contributed by atoms with Crippen LogP contribution in [0.3, 0.4) is 0 Å². The largest absolute Gasteiger partial charge is 0.491 e. The molecule has 2 nitrogen and oxygen atoms in total. The molecule has 0 saturated carbocycles. The Morgan fingerprint density at radius 2 is 1.85 bits per heavy atom. The van der Waals surface area contributed by atoms with E-state index in [2.05, 4.69) is 0 Å². The molecule has 0 aliphatic heterocycles. The minimum Gasteiger partial charge on any atom is -0.491 e. The van der Waals surface area contributed by atoms with E-state index in [4.69, 9.17) is 4.74 Å². The molecular weight excluding hydrogens is 255 g/mol. The molecule has 2 aromatic rings. The molecule has 0 radical (unpaired) electrons. The average molecular weight is 274 g/mol. The number of rotatable bonds is 5. The molecule has 1 atom stereocenters. The van der Waals surface area contributed by atoms with Crippen LogP contribution in [0.5, 0.6) is 5.75 Å². The fourth-order valence-electron chi connectivity index (χ4n) is 2.06. The quantitative estimate of drug-likeness (QED) is 0.896. The molecule has 2 aromatic carbocycles. The lowest BCUT2D eigenvalue weighted by Crippen LogP contribution is -2.07. The summed E-state index contributed by atoms with van der Waals surface area (Å²) in [4.78, 5) is 0. The van der Waals surface area contributed by atoms with Crippen molar-refractivity contribution in [3.63, 3.8) is 0 Å². The Morgan fingerprint density at radius 1 is 1.10 bits per heavy atom. The van der Waals surface area contributed by atoms with Gasteiger partial charge in [0.2, 0.25) is 0 Å². The second-order valence-corrected chi connectivity index (χ2v) is 5.05. The second kappa shape index (κ2) is 6.53. The highest BCUT2D eigenvalue weighted by Gasteiger charge is 2.12. The van der Waals surface area contributed by atoms with Crippen LogP contribution in [0.2, 0.25) is 0 Å². The Bertz CT molecular complexity index is 566. The third kappa shape index (κ3) is 3.81. The third-order valence-corrected chi connectivity index (χ3v) is 2.99. The molecule has 3 heteroatoms. The molecule has 0 fully saturated rings. The topological polar surface area (TPSA) is 29.5 Å². The summed E-state index contributed by atoms with van der Waals surface area (Å²) >= 11 is 0. The summed E-state index contributed by atoms with van der Waals surface area (Å²) in [5, 5.41) is 10.2. The van der Waals surface area contributed by atoms with Crippen LogP contribution in [-0.2, 0) is 6.42 Å². The van der Waals surface area contributed by atoms with Crippen molar-refractivity contribution in [2.45, 2.75) is 32.5 Å². The van der Waals surface area contributed by atoms with Crippen molar-refractivity contribution in [2.75, 3.05) is 0 Å². The predicted octanol–water partition coefficient (Wildman–Crippen LogP) is 3.89. The van der Waals surface area contributed by atoms with Gasteiger partial charge in [0.1, 0.15) is 11.6 Å². The molecule has 0 aliphatic rings. The van der Waals surface area contributed by atoms with E-state index in [0.29, 0.717) is 11.3 Å². The van der Waals surface area contributed by atoms with Crippen molar-refractivity contribution in [1.82, 2.24) is 0 Å². The number of hydrogen-bond acceptors (Lipinski definition) is 2. The Kier molecular flexibility index (Phi) is 4.74. The van der Waals surface area contributed by atoms with Crippen LogP contribution >= 0.6 is 0 Å². The molecule has 106 valence electrons. The van der Waals surface area contributed by atoms with Crippen molar-refractivity contribution in [1.29, 1.82) is 0 Å². The van der Waals surface area contributed by atoms with Gasteiger partial charge in [-0.15, -0.1) is 0 Å². The minimum atomic E-state index is -0.748. The number of hydrogen-bond donors (Lipinski definition) is 1. The van der Waals surface area contributed by atoms with Crippen LogP contribution in [0.4, 0.5) is 4.39 Å². The fraction of sp³-hybridized carbons (Fsp3) is 0.294. The molecule has 0 aliphatic carbocycles. The summed E-state index contributed by atoms with van der Waals surface area (Å²) in [6.07, 6.45) is -0.422. The van der Waals surface area contributed by atoms with Gasteiger partial charge in [0, 0.05) is 6.42 Å². The van der Waals surface area contributed by atoms with Crippen molar-refractivity contribution >= 4 is 0 Å². The lowest BCUT2D eigenvalue weighted by molar-refractivity contribution is 0.175. The van der Waals surface area contributed by atoms with E-state index in [1.54, 1.807) is 24.3 Å². The highest BCUT2D eigenvalue weighted by Crippen LogP contribution is 2.24. The normalized spacial score (nSPS) is 12.4. The van der Waals surface area contributed by atoms with E-state index in [1.807, 2.05) is 32.0 Å². The third-order valence-electron chi connectivity index (χ3n) is 2.99. The van der Waals surface area contributed by atoms with Crippen molar-refractivity contribution in [3.8, 4) is 5.75 Å². The Balaban J connectivity index is 2.13. The average Bonchev–Trinajstić information content (AvgIpc) is 2.41. The van der Waals surface area contributed by atoms with Gasteiger partial charge in [0.15, 0.2) is 0 Å². The molecule has 0 saturated heterocycles. The van der Waals surface area contributed by atoms with Gasteiger partial charge in [-0.25, -0.2) is 4.39 Å². The van der Waals surface area contributed by atoms with Crippen LogP contribution < -0.4 is 4.74 Å². The maximum atomic E-state index is 13.6. The zero-order chi connectivity index (χ0) is 14.5. The number of aliphatic hydroxyl groups excluding tert-OH is 1. The van der Waals surface area contributed by atoms with E-state index >= 15 is 0 Å². The number of halogens is 1. The molecule has 0 aromatic heterocycles. The Morgan fingerprint density at radius 3 is 2.55 bits per heavy atom. The summed E-state index contributed by atoms with van der Waals surface area (Å²) in [6.45, 7) is 3.89. The molecule has 2 rings (SSSR count). The standard InChI is InChI=1S/C17H19FO2/c1-12(2)20-15-8-5-7-14(10-15)17(19)11-13-6-3-4-9-16(13)18/h3-10,12,17,19H,11H2,1-2H3. The monoisotopic (exact) mass is 274 g/mol. The minimum absolute atomic E-state index is 0.0777. The maximum absolute atomic E-state index is 13.6. The first kappa shape index (κ1) is 14.5. The van der Waals surface area contributed by atoms with Gasteiger partial charge in [0.05, 0.1) is 12.2 Å². The molecule has 0 amide bonds. The number of ether oxygens (including phenoxy) is 1. The first-order valence-electron chi connectivity index (χ1n) is 6.74. The molecule has 0 bridgehead atoms. The zero-order valence-electron chi connectivity index (χ0n) is 11.7. The van der Waals surface area contributed by atoms with Gasteiger partial charge < -0.3 is 9.84 Å². The first-order valence-corrected chi connectivity index (χ1v) is 6.74. The van der Waals surface area contributed by atoms with E-state index in [0.717, 1.165) is 5.56 Å². The first-order chi connectivity index (χ1) is 9.56.